The van der Waals surface area contributed by atoms with Crippen molar-refractivity contribution in [3.05, 3.63) is 70.2 Å². The summed E-state index contributed by atoms with van der Waals surface area (Å²) < 4.78 is 0. The van der Waals surface area contributed by atoms with Gasteiger partial charge in [0.1, 0.15) is 0 Å². The molecule has 2 aromatic rings. The Hall–Kier alpha value is -1.02. The van der Waals surface area contributed by atoms with Crippen molar-refractivity contribution in [1.29, 1.82) is 0 Å². The maximum atomic E-state index is 6.20. The lowest BCUT2D eigenvalue weighted by Crippen LogP contribution is -2.39. The van der Waals surface area contributed by atoms with Gasteiger partial charge >= 0.3 is 0 Å². The van der Waals surface area contributed by atoms with E-state index in [1.807, 2.05) is 6.07 Å². The molecule has 1 heterocycles. The van der Waals surface area contributed by atoms with Crippen molar-refractivity contribution in [2.45, 2.75) is 25.4 Å². The van der Waals surface area contributed by atoms with Crippen molar-refractivity contribution < 1.29 is 0 Å². The van der Waals surface area contributed by atoms with E-state index in [2.05, 4.69) is 61.3 Å². The van der Waals surface area contributed by atoms with Crippen LogP contribution in [0.4, 0.5) is 0 Å². The van der Waals surface area contributed by atoms with Crippen LogP contribution < -0.4 is 0 Å². The molecule has 2 aromatic carbocycles. The lowest BCUT2D eigenvalue weighted by molar-refractivity contribution is 0.212. The Labute approximate surface area is 132 Å². The molecule has 1 aliphatic rings. The molecule has 0 bridgehead atoms. The van der Waals surface area contributed by atoms with Gasteiger partial charge in [0.2, 0.25) is 0 Å². The quantitative estimate of drug-likeness (QED) is 0.736. The van der Waals surface area contributed by atoms with Crippen LogP contribution in [0.15, 0.2) is 48.5 Å². The minimum Gasteiger partial charge on any atom is -0.298 e. The number of hydrogen-bond acceptors (Lipinski definition) is 1. The third-order valence-electron chi connectivity index (χ3n) is 4.20. The highest BCUT2D eigenvalue weighted by atomic mass is 35.5. The fourth-order valence-electron chi connectivity index (χ4n) is 3.04. The van der Waals surface area contributed by atoms with Crippen LogP contribution in [0, 0.1) is 0 Å². The summed E-state index contributed by atoms with van der Waals surface area (Å²) in [5.41, 5.74) is 4.13. The molecule has 0 N–H and O–H groups in total. The lowest BCUT2D eigenvalue weighted by atomic mass is 9.80. The molecule has 0 saturated carbocycles. The zero-order valence-corrected chi connectivity index (χ0v) is 13.3. The molecule has 0 saturated heterocycles. The van der Waals surface area contributed by atoms with E-state index in [0.29, 0.717) is 12.0 Å². The van der Waals surface area contributed by atoms with Crippen LogP contribution in [0.5, 0.6) is 0 Å². The minimum atomic E-state index is 0. The number of rotatable bonds is 1. The Morgan fingerprint density at radius 2 is 1.80 bits per heavy atom. The van der Waals surface area contributed by atoms with Crippen molar-refractivity contribution in [3.8, 4) is 0 Å². The number of nitrogens with zero attached hydrogens (tertiary/aromatic N) is 1. The smallest absolute Gasteiger partial charge is 0.0409 e. The monoisotopic (exact) mass is 307 g/mol. The molecule has 0 amide bonds. The summed E-state index contributed by atoms with van der Waals surface area (Å²) in [6.07, 6.45) is 0. The van der Waals surface area contributed by atoms with Gasteiger partial charge in [-0.2, -0.15) is 0 Å². The molecule has 2 atom stereocenters. The normalized spacial score (nSPS) is 21.9. The van der Waals surface area contributed by atoms with Crippen LogP contribution in [0.25, 0.3) is 0 Å². The van der Waals surface area contributed by atoms with Gasteiger partial charge in [0.05, 0.1) is 0 Å². The maximum absolute atomic E-state index is 6.20. The SMILES string of the molecule is C[C@H]1[C@H](c2ccccc2)c2cc(Cl)ccc2CN1C.Cl. The lowest BCUT2D eigenvalue weighted by Gasteiger charge is -2.39. The van der Waals surface area contributed by atoms with Gasteiger partial charge < -0.3 is 0 Å². The van der Waals surface area contributed by atoms with Gasteiger partial charge in [-0.15, -0.1) is 12.4 Å². The molecule has 0 fully saturated rings. The molecule has 1 nitrogen and oxygen atoms in total. The highest BCUT2D eigenvalue weighted by Crippen LogP contribution is 2.38. The summed E-state index contributed by atoms with van der Waals surface area (Å²) in [4.78, 5) is 2.41. The first kappa shape index (κ1) is 15.4. The number of fused-ring (bicyclic) bond motifs is 1. The van der Waals surface area contributed by atoms with E-state index in [4.69, 9.17) is 11.6 Å². The minimum absolute atomic E-state index is 0. The Bertz CT molecular complexity index is 583. The Morgan fingerprint density at radius 1 is 1.10 bits per heavy atom. The van der Waals surface area contributed by atoms with Crippen LogP contribution >= 0.6 is 24.0 Å². The molecule has 0 spiro atoms. The number of hydrogen-bond donors (Lipinski definition) is 0. The van der Waals surface area contributed by atoms with Gasteiger partial charge in [0, 0.05) is 23.5 Å². The van der Waals surface area contributed by atoms with Crippen LogP contribution in [0.1, 0.15) is 29.5 Å². The highest BCUT2D eigenvalue weighted by molar-refractivity contribution is 6.30. The summed E-state index contributed by atoms with van der Waals surface area (Å²) in [6.45, 7) is 3.29. The molecule has 3 heteroatoms. The fourth-order valence-corrected chi connectivity index (χ4v) is 3.23. The molecule has 3 rings (SSSR count). The zero-order valence-electron chi connectivity index (χ0n) is 11.7. The molecule has 1 aliphatic heterocycles. The zero-order chi connectivity index (χ0) is 13.4. The average Bonchev–Trinajstić information content (AvgIpc) is 2.42. The summed E-state index contributed by atoms with van der Waals surface area (Å²) in [5, 5.41) is 0.830. The van der Waals surface area contributed by atoms with Crippen LogP contribution in [-0.2, 0) is 6.54 Å². The van der Waals surface area contributed by atoms with Crippen molar-refractivity contribution >= 4 is 24.0 Å². The van der Waals surface area contributed by atoms with E-state index in [1.165, 1.54) is 16.7 Å². The number of likely N-dealkylation sites (N-methyl/N-ethyl adjacent to an activating group) is 1. The molecular formula is C17H19Cl2N. The van der Waals surface area contributed by atoms with Gasteiger partial charge in [-0.05, 0) is 42.8 Å². The second-order valence-corrected chi connectivity index (χ2v) is 5.82. The molecule has 0 unspecified atom stereocenters. The summed E-state index contributed by atoms with van der Waals surface area (Å²) in [5.74, 6) is 0.397. The predicted octanol–water partition coefficient (Wildman–Crippen LogP) is 4.73. The molecular weight excluding hydrogens is 289 g/mol. The van der Waals surface area contributed by atoms with Crippen molar-refractivity contribution in [2.75, 3.05) is 7.05 Å². The van der Waals surface area contributed by atoms with E-state index in [9.17, 15) is 0 Å². The summed E-state index contributed by atoms with van der Waals surface area (Å²) >= 11 is 6.20. The van der Waals surface area contributed by atoms with E-state index in [0.717, 1.165) is 11.6 Å². The van der Waals surface area contributed by atoms with Crippen molar-refractivity contribution in [1.82, 2.24) is 4.90 Å². The fraction of sp³-hybridized carbons (Fsp3) is 0.294. The second-order valence-electron chi connectivity index (χ2n) is 5.39. The van der Waals surface area contributed by atoms with Gasteiger partial charge in [0.15, 0.2) is 0 Å². The molecule has 0 aliphatic carbocycles. The predicted molar refractivity (Wildman–Crippen MR) is 87.9 cm³/mol. The molecule has 106 valence electrons. The number of benzene rings is 2. The standard InChI is InChI=1S/C17H18ClN.ClH/c1-12-17(13-6-4-3-5-7-13)16-10-15(18)9-8-14(16)11-19(12)2;/h3-10,12,17H,11H2,1-2H3;1H/t12-,17+;/m0./s1. The average molecular weight is 308 g/mol. The van der Waals surface area contributed by atoms with Crippen molar-refractivity contribution in [3.63, 3.8) is 0 Å². The van der Waals surface area contributed by atoms with Gasteiger partial charge in [-0.3, -0.25) is 4.90 Å². The van der Waals surface area contributed by atoms with Crippen molar-refractivity contribution in [2.24, 2.45) is 0 Å². The first-order chi connectivity index (χ1) is 9.16. The molecule has 0 aromatic heterocycles. The first-order valence-electron chi connectivity index (χ1n) is 6.70. The van der Waals surface area contributed by atoms with E-state index in [-0.39, 0.29) is 12.4 Å². The summed E-state index contributed by atoms with van der Waals surface area (Å²) in [7, 11) is 2.19. The largest absolute Gasteiger partial charge is 0.298 e. The Morgan fingerprint density at radius 3 is 2.50 bits per heavy atom. The van der Waals surface area contributed by atoms with E-state index in [1.54, 1.807) is 0 Å². The second kappa shape index (κ2) is 6.17. The van der Waals surface area contributed by atoms with Crippen LogP contribution in [0.3, 0.4) is 0 Å². The highest BCUT2D eigenvalue weighted by Gasteiger charge is 2.31. The summed E-state index contributed by atoms with van der Waals surface area (Å²) in [6, 6.07) is 17.5. The van der Waals surface area contributed by atoms with Gasteiger partial charge in [-0.1, -0.05) is 48.0 Å². The Kier molecular flexibility index (Phi) is 4.74. The van der Waals surface area contributed by atoms with Gasteiger partial charge in [0.25, 0.3) is 0 Å². The Balaban J connectivity index is 0.00000147. The van der Waals surface area contributed by atoms with E-state index < -0.39 is 0 Å². The third-order valence-corrected chi connectivity index (χ3v) is 4.43. The third kappa shape index (κ3) is 2.71. The van der Waals surface area contributed by atoms with E-state index >= 15 is 0 Å². The van der Waals surface area contributed by atoms with Crippen LogP contribution in [-0.4, -0.2) is 18.0 Å². The molecule has 20 heavy (non-hydrogen) atoms. The number of halogens is 2. The first-order valence-corrected chi connectivity index (χ1v) is 7.08. The van der Waals surface area contributed by atoms with Crippen LogP contribution in [0.2, 0.25) is 5.02 Å². The molecule has 0 radical (unpaired) electrons. The van der Waals surface area contributed by atoms with Gasteiger partial charge in [-0.25, -0.2) is 0 Å². The maximum Gasteiger partial charge on any atom is 0.0409 e. The topological polar surface area (TPSA) is 3.24 Å².